The van der Waals surface area contributed by atoms with E-state index in [2.05, 4.69) is 43.0 Å². The molecule has 1 aromatic carbocycles. The molecule has 0 unspecified atom stereocenters. The largest absolute Gasteiger partial charge is 0.352 e. The van der Waals surface area contributed by atoms with Crippen molar-refractivity contribution in [3.05, 3.63) is 41.3 Å². The average molecular weight is 405 g/mol. The van der Waals surface area contributed by atoms with Crippen LogP contribution in [0.25, 0.3) is 16.7 Å². The molecule has 0 N–H and O–H groups in total. The summed E-state index contributed by atoms with van der Waals surface area (Å²) in [6.07, 6.45) is 2.88. The number of nitrogens with zero attached hydrogens (tertiary/aromatic N) is 6. The van der Waals surface area contributed by atoms with Crippen LogP contribution in [-0.2, 0) is 11.2 Å². The second kappa shape index (κ2) is 7.38. The molecule has 0 radical (unpaired) electrons. The number of fused-ring (bicyclic) bond motifs is 1. The Morgan fingerprint density at radius 3 is 2.37 bits per heavy atom. The summed E-state index contributed by atoms with van der Waals surface area (Å²) < 4.78 is 1.93. The van der Waals surface area contributed by atoms with E-state index in [9.17, 15) is 4.79 Å². The van der Waals surface area contributed by atoms with Crippen molar-refractivity contribution in [3.63, 3.8) is 0 Å². The lowest BCUT2D eigenvalue weighted by molar-refractivity contribution is -0.132. The molecule has 1 aliphatic heterocycles. The van der Waals surface area contributed by atoms with Gasteiger partial charge in [0.1, 0.15) is 11.6 Å². The first-order valence-electron chi connectivity index (χ1n) is 10.9. The van der Waals surface area contributed by atoms with Gasteiger partial charge in [-0.3, -0.25) is 4.79 Å². The van der Waals surface area contributed by atoms with Crippen LogP contribution in [0.3, 0.4) is 0 Å². The molecule has 7 nitrogen and oxygen atoms in total. The van der Waals surface area contributed by atoms with Crippen LogP contribution in [0.15, 0.2) is 24.3 Å². The predicted octanol–water partition coefficient (Wildman–Crippen LogP) is 3.05. The number of rotatable bonds is 4. The van der Waals surface area contributed by atoms with Crippen LogP contribution in [0.1, 0.15) is 36.8 Å². The molecule has 30 heavy (non-hydrogen) atoms. The van der Waals surface area contributed by atoms with Crippen molar-refractivity contribution in [1.29, 1.82) is 0 Å². The molecule has 7 heteroatoms. The van der Waals surface area contributed by atoms with E-state index in [0.29, 0.717) is 5.91 Å². The molecule has 0 atom stereocenters. The van der Waals surface area contributed by atoms with Gasteiger partial charge in [-0.15, -0.1) is 0 Å². The lowest BCUT2D eigenvalue weighted by Crippen LogP contribution is -2.49. The molecule has 5 rings (SSSR count). The molecule has 2 fully saturated rings. The van der Waals surface area contributed by atoms with E-state index >= 15 is 0 Å². The molecule has 156 valence electrons. The zero-order valence-electron chi connectivity index (χ0n) is 17.9. The Bertz CT molecular complexity index is 1090. The van der Waals surface area contributed by atoms with Crippen molar-refractivity contribution in [3.8, 4) is 5.69 Å². The van der Waals surface area contributed by atoms with E-state index in [-0.39, 0.29) is 5.92 Å². The molecular formula is C23H28N6O. The van der Waals surface area contributed by atoms with Gasteiger partial charge >= 0.3 is 0 Å². The summed E-state index contributed by atoms with van der Waals surface area (Å²) in [4.78, 5) is 26.5. The van der Waals surface area contributed by atoms with E-state index in [1.165, 1.54) is 5.56 Å². The van der Waals surface area contributed by atoms with E-state index in [4.69, 9.17) is 15.1 Å². The zero-order chi connectivity index (χ0) is 20.8. The number of carbonyl (C=O) groups is 1. The van der Waals surface area contributed by atoms with Crippen molar-refractivity contribution in [2.45, 2.75) is 40.0 Å². The number of aryl methyl sites for hydroxylation is 3. The minimum atomic E-state index is 0.281. The smallest absolute Gasteiger partial charge is 0.225 e. The van der Waals surface area contributed by atoms with Crippen molar-refractivity contribution in [1.82, 2.24) is 24.6 Å². The number of hydrogen-bond donors (Lipinski definition) is 0. The number of amides is 1. The van der Waals surface area contributed by atoms with Gasteiger partial charge in [0, 0.05) is 38.5 Å². The predicted molar refractivity (Wildman–Crippen MR) is 117 cm³/mol. The van der Waals surface area contributed by atoms with Gasteiger partial charge in [0.05, 0.1) is 16.8 Å². The zero-order valence-corrected chi connectivity index (χ0v) is 17.9. The lowest BCUT2D eigenvalue weighted by atomic mass is 10.2. The van der Waals surface area contributed by atoms with E-state index in [1.54, 1.807) is 0 Å². The minimum Gasteiger partial charge on any atom is -0.352 e. The van der Waals surface area contributed by atoms with Gasteiger partial charge in [-0.25, -0.2) is 14.6 Å². The maximum absolute atomic E-state index is 12.4. The highest BCUT2D eigenvalue weighted by Crippen LogP contribution is 2.33. The van der Waals surface area contributed by atoms with Gasteiger partial charge in [0.2, 0.25) is 5.91 Å². The van der Waals surface area contributed by atoms with Gasteiger partial charge in [0.15, 0.2) is 5.65 Å². The Labute approximate surface area is 176 Å². The summed E-state index contributed by atoms with van der Waals surface area (Å²) in [7, 11) is 0. The summed E-state index contributed by atoms with van der Waals surface area (Å²) in [5.74, 6) is 2.39. The van der Waals surface area contributed by atoms with Crippen molar-refractivity contribution >= 4 is 22.8 Å². The fourth-order valence-electron chi connectivity index (χ4n) is 4.19. The Kier molecular flexibility index (Phi) is 4.68. The van der Waals surface area contributed by atoms with Crippen LogP contribution < -0.4 is 4.90 Å². The minimum absolute atomic E-state index is 0.281. The third-order valence-electron chi connectivity index (χ3n) is 6.14. The van der Waals surface area contributed by atoms with Gasteiger partial charge in [-0.1, -0.05) is 24.6 Å². The Hall–Kier alpha value is -2.96. The van der Waals surface area contributed by atoms with E-state index in [1.807, 2.05) is 16.5 Å². The monoisotopic (exact) mass is 404 g/mol. The summed E-state index contributed by atoms with van der Waals surface area (Å²) in [6.45, 7) is 9.29. The molecule has 2 aromatic heterocycles. The number of benzene rings is 1. The summed E-state index contributed by atoms with van der Waals surface area (Å²) in [5, 5.41) is 5.83. The number of piperazine rings is 1. The normalized spacial score (nSPS) is 17.0. The fraction of sp³-hybridized carbons (Fsp3) is 0.478. The fourth-order valence-corrected chi connectivity index (χ4v) is 4.19. The van der Waals surface area contributed by atoms with E-state index in [0.717, 1.165) is 79.5 Å². The molecular weight excluding hydrogens is 376 g/mol. The molecule has 3 aromatic rings. The van der Waals surface area contributed by atoms with Gasteiger partial charge in [-0.05, 0) is 38.8 Å². The highest BCUT2D eigenvalue weighted by molar-refractivity contribution is 5.91. The number of hydrogen-bond acceptors (Lipinski definition) is 5. The second-order valence-corrected chi connectivity index (χ2v) is 8.43. The summed E-state index contributed by atoms with van der Waals surface area (Å²) in [6, 6.07) is 8.35. The molecule has 0 bridgehead atoms. The number of anilines is 1. The highest BCUT2D eigenvalue weighted by atomic mass is 16.2. The van der Waals surface area contributed by atoms with Crippen LogP contribution in [0.4, 0.5) is 5.82 Å². The van der Waals surface area contributed by atoms with Crippen molar-refractivity contribution in [2.24, 2.45) is 5.92 Å². The first-order valence-corrected chi connectivity index (χ1v) is 10.9. The molecule has 1 amide bonds. The van der Waals surface area contributed by atoms with Crippen LogP contribution in [0.2, 0.25) is 0 Å². The SMILES string of the molecule is CCc1nc(N2CCN(C(=O)C3CC3)CC2)c2c(C)nn(-c3ccc(C)cc3)c2n1. The first kappa shape index (κ1) is 19.0. The Morgan fingerprint density at radius 2 is 1.73 bits per heavy atom. The summed E-state index contributed by atoms with van der Waals surface area (Å²) >= 11 is 0. The Morgan fingerprint density at radius 1 is 1.03 bits per heavy atom. The van der Waals surface area contributed by atoms with E-state index < -0.39 is 0 Å². The maximum atomic E-state index is 12.4. The maximum Gasteiger partial charge on any atom is 0.225 e. The van der Waals surface area contributed by atoms with Crippen LogP contribution >= 0.6 is 0 Å². The second-order valence-electron chi connectivity index (χ2n) is 8.43. The van der Waals surface area contributed by atoms with Crippen molar-refractivity contribution in [2.75, 3.05) is 31.1 Å². The topological polar surface area (TPSA) is 67.2 Å². The lowest BCUT2D eigenvalue weighted by Gasteiger charge is -2.36. The van der Waals surface area contributed by atoms with Gasteiger partial charge in [-0.2, -0.15) is 5.10 Å². The van der Waals surface area contributed by atoms with Crippen LogP contribution in [0.5, 0.6) is 0 Å². The summed E-state index contributed by atoms with van der Waals surface area (Å²) in [5.41, 5.74) is 4.01. The molecule has 2 aliphatic rings. The third kappa shape index (κ3) is 3.32. The molecule has 1 saturated heterocycles. The third-order valence-corrected chi connectivity index (χ3v) is 6.14. The molecule has 3 heterocycles. The standard InChI is InChI=1S/C23H28N6O/c1-4-19-24-21(27-11-13-28(14-12-27)23(30)17-7-8-17)20-16(3)26-29(22(20)25-19)18-9-5-15(2)6-10-18/h5-6,9-10,17H,4,7-8,11-14H2,1-3H3. The molecule has 0 spiro atoms. The average Bonchev–Trinajstić information content (AvgIpc) is 3.57. The number of carbonyl (C=O) groups excluding carboxylic acids is 1. The number of aromatic nitrogens is 4. The van der Waals surface area contributed by atoms with Gasteiger partial charge < -0.3 is 9.80 Å². The highest BCUT2D eigenvalue weighted by Gasteiger charge is 2.35. The first-order chi connectivity index (χ1) is 14.5. The van der Waals surface area contributed by atoms with Crippen molar-refractivity contribution < 1.29 is 4.79 Å². The van der Waals surface area contributed by atoms with Crippen LogP contribution in [-0.4, -0.2) is 56.7 Å². The quantitative estimate of drug-likeness (QED) is 0.669. The Balaban J connectivity index is 1.52. The van der Waals surface area contributed by atoms with Gasteiger partial charge in [0.25, 0.3) is 0 Å². The molecule has 1 aliphatic carbocycles. The van der Waals surface area contributed by atoms with Crippen LogP contribution in [0, 0.1) is 19.8 Å². The molecule has 1 saturated carbocycles.